The number of carbonyl (C=O) groups excluding carboxylic acids is 1. The molecule has 0 aliphatic carbocycles. The topological polar surface area (TPSA) is 61.2 Å². The molecule has 0 fully saturated rings. The highest BCUT2D eigenvalue weighted by Gasteiger charge is 2.26. The number of benzene rings is 2. The smallest absolute Gasteiger partial charge is 0.337 e. The minimum Gasteiger partial charge on any atom is -0.465 e. The molecule has 29 heavy (non-hydrogen) atoms. The summed E-state index contributed by atoms with van der Waals surface area (Å²) >= 11 is 3.13. The average molecular weight is 425 g/mol. The van der Waals surface area contributed by atoms with E-state index in [9.17, 15) is 9.59 Å². The van der Waals surface area contributed by atoms with Crippen molar-refractivity contribution in [2.45, 2.75) is 34.4 Å². The van der Waals surface area contributed by atoms with Gasteiger partial charge in [0.2, 0.25) is 0 Å². The molecular weight excluding hydrogens is 404 g/mol. The molecule has 1 unspecified atom stereocenters. The highest BCUT2D eigenvalue weighted by atomic mass is 32.2. The molecule has 0 saturated carbocycles. The monoisotopic (exact) mass is 424 g/mol. The van der Waals surface area contributed by atoms with Crippen LogP contribution in [0.3, 0.4) is 0 Å². The fraction of sp³-hybridized carbons (Fsp3) is 0.227. The molecule has 148 valence electrons. The van der Waals surface area contributed by atoms with Crippen LogP contribution in [-0.2, 0) is 16.9 Å². The molecule has 0 amide bonds. The molecule has 1 aliphatic rings. The van der Waals surface area contributed by atoms with Crippen molar-refractivity contribution in [2.24, 2.45) is 0 Å². The Hall–Kier alpha value is -2.51. The summed E-state index contributed by atoms with van der Waals surface area (Å²) in [7, 11) is 1.37. The third kappa shape index (κ3) is 4.11. The van der Waals surface area contributed by atoms with E-state index in [2.05, 4.69) is 6.92 Å². The van der Waals surface area contributed by atoms with E-state index in [1.807, 2.05) is 42.5 Å². The normalized spacial score (nSPS) is 15.2. The number of hydrogen-bond acceptors (Lipinski definition) is 6. The molecule has 0 spiro atoms. The predicted molar refractivity (Wildman–Crippen MR) is 116 cm³/mol. The van der Waals surface area contributed by atoms with Crippen molar-refractivity contribution in [1.29, 1.82) is 0 Å². The number of esters is 1. The Morgan fingerprint density at radius 1 is 1.21 bits per heavy atom. The second-order valence-electron chi connectivity index (χ2n) is 6.76. The van der Waals surface area contributed by atoms with Crippen LogP contribution >= 0.6 is 23.5 Å². The molecule has 0 N–H and O–H groups in total. The summed E-state index contributed by atoms with van der Waals surface area (Å²) in [5.74, 6) is 0.288. The first-order valence-corrected chi connectivity index (χ1v) is 11.1. The molecule has 2 aromatic carbocycles. The van der Waals surface area contributed by atoms with Crippen LogP contribution in [0.15, 0.2) is 69.4 Å². The summed E-state index contributed by atoms with van der Waals surface area (Å²) in [4.78, 5) is 30.4. The van der Waals surface area contributed by atoms with E-state index in [1.54, 1.807) is 28.5 Å². The molecular formula is C22H20N2O3S2. The first-order chi connectivity index (χ1) is 14.1. The summed E-state index contributed by atoms with van der Waals surface area (Å²) in [5.41, 5.74) is 3.27. The highest BCUT2D eigenvalue weighted by molar-refractivity contribution is 8.00. The van der Waals surface area contributed by atoms with Crippen molar-refractivity contribution >= 4 is 29.5 Å². The third-order valence-corrected chi connectivity index (χ3v) is 6.86. The second kappa shape index (κ2) is 8.47. The van der Waals surface area contributed by atoms with Gasteiger partial charge in [-0.1, -0.05) is 49.0 Å². The Kier molecular flexibility index (Phi) is 5.78. The van der Waals surface area contributed by atoms with Gasteiger partial charge in [0.15, 0.2) is 5.16 Å². The van der Waals surface area contributed by atoms with Gasteiger partial charge in [0, 0.05) is 17.4 Å². The molecule has 7 heteroatoms. The second-order valence-corrected chi connectivity index (χ2v) is 9.15. The van der Waals surface area contributed by atoms with Crippen LogP contribution in [0.25, 0.3) is 5.69 Å². The van der Waals surface area contributed by atoms with Crippen molar-refractivity contribution in [3.63, 3.8) is 0 Å². The lowest BCUT2D eigenvalue weighted by molar-refractivity contribution is 0.0600. The number of ether oxygens (including phenoxy) is 1. The molecule has 3 aromatic rings. The maximum Gasteiger partial charge on any atom is 0.337 e. The van der Waals surface area contributed by atoms with E-state index in [4.69, 9.17) is 9.72 Å². The van der Waals surface area contributed by atoms with Gasteiger partial charge < -0.3 is 4.74 Å². The van der Waals surface area contributed by atoms with Crippen molar-refractivity contribution in [1.82, 2.24) is 9.55 Å². The fourth-order valence-corrected chi connectivity index (χ4v) is 5.29. The summed E-state index contributed by atoms with van der Waals surface area (Å²) in [6.07, 6.45) is 0.812. The van der Waals surface area contributed by atoms with Gasteiger partial charge in [0.1, 0.15) is 0 Å². The van der Waals surface area contributed by atoms with Crippen LogP contribution in [0.2, 0.25) is 0 Å². The van der Waals surface area contributed by atoms with Gasteiger partial charge in [0.25, 0.3) is 5.56 Å². The van der Waals surface area contributed by atoms with E-state index in [0.717, 1.165) is 28.3 Å². The van der Waals surface area contributed by atoms with Crippen molar-refractivity contribution < 1.29 is 9.53 Å². The van der Waals surface area contributed by atoms with Gasteiger partial charge in [-0.05, 0) is 29.8 Å². The maximum absolute atomic E-state index is 13.2. The number of fused-ring (bicyclic) bond motifs is 1. The largest absolute Gasteiger partial charge is 0.465 e. The SMILES string of the molecule is COC(=O)c1ccc(CSc2nc3c(c(=O)n2-c2ccccc2)SC(C)C3)cc1. The average Bonchev–Trinajstić information content (AvgIpc) is 3.13. The van der Waals surface area contributed by atoms with Crippen LogP contribution in [0.5, 0.6) is 0 Å². The molecule has 2 heterocycles. The predicted octanol–water partition coefficient (Wildman–Crippen LogP) is 4.35. The summed E-state index contributed by atoms with van der Waals surface area (Å²) in [5, 5.41) is 1.05. The molecule has 4 rings (SSSR count). The van der Waals surface area contributed by atoms with Gasteiger partial charge in [-0.25, -0.2) is 9.78 Å². The third-order valence-electron chi connectivity index (χ3n) is 4.64. The number of thioether (sulfide) groups is 2. The van der Waals surface area contributed by atoms with Gasteiger partial charge in [-0.3, -0.25) is 9.36 Å². The number of para-hydroxylation sites is 1. The highest BCUT2D eigenvalue weighted by Crippen LogP contribution is 2.35. The van der Waals surface area contributed by atoms with Crippen LogP contribution in [0.1, 0.15) is 28.5 Å². The van der Waals surface area contributed by atoms with Crippen molar-refractivity contribution in [3.05, 3.63) is 81.8 Å². The minimum absolute atomic E-state index is 0.000843. The standard InChI is InChI=1S/C22H20N2O3S2/c1-14-12-18-19(29-14)20(25)24(17-6-4-3-5-7-17)22(23-18)28-13-15-8-10-16(11-9-15)21(26)27-2/h3-11,14H,12-13H2,1-2H3. The van der Waals surface area contributed by atoms with Crippen molar-refractivity contribution in [3.8, 4) is 5.69 Å². The van der Waals surface area contributed by atoms with Crippen molar-refractivity contribution in [2.75, 3.05) is 7.11 Å². The van der Waals surface area contributed by atoms with Gasteiger partial charge in [-0.2, -0.15) is 0 Å². The number of aromatic nitrogens is 2. The molecule has 1 aliphatic heterocycles. The summed E-state index contributed by atoms with van der Waals surface area (Å²) in [6, 6.07) is 16.9. The molecule has 0 radical (unpaired) electrons. The number of carbonyl (C=O) groups is 1. The molecule has 5 nitrogen and oxygen atoms in total. The lowest BCUT2D eigenvalue weighted by Crippen LogP contribution is -2.23. The van der Waals surface area contributed by atoms with E-state index in [1.165, 1.54) is 18.9 Å². The van der Waals surface area contributed by atoms with E-state index >= 15 is 0 Å². The van der Waals surface area contributed by atoms with E-state index in [-0.39, 0.29) is 11.5 Å². The van der Waals surface area contributed by atoms with Gasteiger partial charge in [-0.15, -0.1) is 11.8 Å². The molecule has 1 atom stereocenters. The Morgan fingerprint density at radius 3 is 2.62 bits per heavy atom. The maximum atomic E-state index is 13.2. The van der Waals surface area contributed by atoms with E-state index in [0.29, 0.717) is 21.7 Å². The number of hydrogen-bond donors (Lipinski definition) is 0. The van der Waals surface area contributed by atoms with E-state index < -0.39 is 0 Å². The van der Waals surface area contributed by atoms with Gasteiger partial charge >= 0.3 is 5.97 Å². The lowest BCUT2D eigenvalue weighted by atomic mass is 10.1. The van der Waals surface area contributed by atoms with Crippen LogP contribution in [-0.4, -0.2) is 27.9 Å². The molecule has 0 bridgehead atoms. The zero-order valence-electron chi connectivity index (χ0n) is 16.1. The molecule has 1 aromatic heterocycles. The number of rotatable bonds is 5. The first kappa shape index (κ1) is 19.8. The number of nitrogens with zero attached hydrogens (tertiary/aromatic N) is 2. The zero-order chi connectivity index (χ0) is 20.4. The Balaban J connectivity index is 1.66. The summed E-state index contributed by atoms with van der Waals surface area (Å²) in [6.45, 7) is 2.12. The van der Waals surface area contributed by atoms with Crippen LogP contribution in [0, 0.1) is 0 Å². The Morgan fingerprint density at radius 2 is 1.93 bits per heavy atom. The Labute approximate surface area is 177 Å². The minimum atomic E-state index is -0.353. The van der Waals surface area contributed by atoms with Crippen LogP contribution in [0.4, 0.5) is 0 Å². The van der Waals surface area contributed by atoms with Gasteiger partial charge in [0.05, 0.1) is 29.0 Å². The molecule has 0 saturated heterocycles. The summed E-state index contributed by atoms with van der Waals surface area (Å²) < 4.78 is 6.45. The first-order valence-electron chi connectivity index (χ1n) is 9.25. The quantitative estimate of drug-likeness (QED) is 0.345. The number of methoxy groups -OCH3 is 1. The fourth-order valence-electron chi connectivity index (χ4n) is 3.20. The van der Waals surface area contributed by atoms with Crippen LogP contribution < -0.4 is 5.56 Å². The zero-order valence-corrected chi connectivity index (χ0v) is 17.8. The lowest BCUT2D eigenvalue weighted by Gasteiger charge is -2.13. The Bertz CT molecular complexity index is 1100.